The molecule has 5 aromatic rings. The molecule has 32 heavy (non-hydrogen) atoms. The second-order valence-corrected chi connectivity index (χ2v) is 8.64. The van der Waals surface area contributed by atoms with Crippen LogP contribution in [0.25, 0.3) is 27.6 Å². The fraction of sp³-hybridized carbons (Fsp3) is 0.115. The Kier molecular flexibility index (Phi) is 5.15. The summed E-state index contributed by atoms with van der Waals surface area (Å²) in [5.41, 5.74) is 4.52. The van der Waals surface area contributed by atoms with E-state index in [1.54, 1.807) is 10.6 Å². The second-order valence-electron chi connectivity index (χ2n) is 7.70. The zero-order valence-electron chi connectivity index (χ0n) is 17.7. The van der Waals surface area contributed by atoms with Crippen LogP contribution in [0.2, 0.25) is 0 Å². The number of benzene rings is 3. The van der Waals surface area contributed by atoms with Crippen LogP contribution >= 0.6 is 11.8 Å². The number of hydrogen-bond acceptors (Lipinski definition) is 5. The minimum atomic E-state index is -0.386. The van der Waals surface area contributed by atoms with Gasteiger partial charge in [-0.15, -0.1) is 0 Å². The maximum absolute atomic E-state index is 13.4. The molecule has 0 bridgehead atoms. The minimum absolute atomic E-state index is 0.117. The molecule has 0 radical (unpaired) electrons. The van der Waals surface area contributed by atoms with Crippen LogP contribution in [0.4, 0.5) is 0 Å². The van der Waals surface area contributed by atoms with Crippen molar-refractivity contribution in [1.82, 2.24) is 9.55 Å². The fourth-order valence-electron chi connectivity index (χ4n) is 3.76. The third-order valence-corrected chi connectivity index (χ3v) is 6.55. The van der Waals surface area contributed by atoms with Gasteiger partial charge < -0.3 is 4.42 Å². The van der Waals surface area contributed by atoms with Crippen LogP contribution in [0.1, 0.15) is 16.7 Å². The van der Waals surface area contributed by atoms with Crippen molar-refractivity contribution in [2.75, 3.05) is 0 Å². The average molecular weight is 441 g/mol. The largest absolute Gasteiger partial charge is 0.423 e. The van der Waals surface area contributed by atoms with Gasteiger partial charge in [-0.3, -0.25) is 9.36 Å². The second kappa shape index (κ2) is 8.13. The summed E-state index contributed by atoms with van der Waals surface area (Å²) in [5, 5.41) is 2.04. The molecular weight excluding hydrogens is 420 g/mol. The zero-order chi connectivity index (χ0) is 22.2. The van der Waals surface area contributed by atoms with Crippen molar-refractivity contribution < 1.29 is 4.42 Å². The minimum Gasteiger partial charge on any atom is -0.423 e. The van der Waals surface area contributed by atoms with E-state index >= 15 is 0 Å². The van der Waals surface area contributed by atoms with E-state index in [2.05, 4.69) is 0 Å². The number of hydrogen-bond donors (Lipinski definition) is 0. The summed E-state index contributed by atoms with van der Waals surface area (Å²) in [6.45, 7) is 4.03. The molecule has 2 aromatic heterocycles. The normalized spacial score (nSPS) is 11.3. The van der Waals surface area contributed by atoms with Gasteiger partial charge in [0.25, 0.3) is 5.56 Å². The maximum Gasteiger partial charge on any atom is 0.336 e. The van der Waals surface area contributed by atoms with Crippen LogP contribution in [0.5, 0.6) is 0 Å². The highest BCUT2D eigenvalue weighted by Crippen LogP contribution is 2.28. The number of aromatic nitrogens is 2. The van der Waals surface area contributed by atoms with Gasteiger partial charge in [0.15, 0.2) is 5.16 Å². The maximum atomic E-state index is 13.4. The summed E-state index contributed by atoms with van der Waals surface area (Å²) in [7, 11) is 0. The highest BCUT2D eigenvalue weighted by molar-refractivity contribution is 7.98. The molecular formula is C26H20N2O3S. The van der Waals surface area contributed by atoms with Gasteiger partial charge >= 0.3 is 5.63 Å². The van der Waals surface area contributed by atoms with Gasteiger partial charge in [0.05, 0.1) is 16.6 Å². The molecule has 6 heteroatoms. The van der Waals surface area contributed by atoms with Crippen LogP contribution < -0.4 is 11.2 Å². The predicted molar refractivity (Wildman–Crippen MR) is 129 cm³/mol. The molecule has 5 rings (SSSR count). The zero-order valence-corrected chi connectivity index (χ0v) is 18.5. The third-order valence-electron chi connectivity index (χ3n) is 5.56. The molecule has 0 N–H and O–H groups in total. The first-order valence-corrected chi connectivity index (χ1v) is 11.2. The van der Waals surface area contributed by atoms with Crippen LogP contribution in [0, 0.1) is 13.8 Å². The number of rotatable bonds is 4. The summed E-state index contributed by atoms with van der Waals surface area (Å²) in [6.07, 6.45) is 0. The summed E-state index contributed by atoms with van der Waals surface area (Å²) in [5.74, 6) is 0.474. The fourth-order valence-corrected chi connectivity index (χ4v) is 4.76. The van der Waals surface area contributed by atoms with Gasteiger partial charge in [-0.05, 0) is 66.9 Å². The van der Waals surface area contributed by atoms with Gasteiger partial charge in [-0.2, -0.15) is 0 Å². The van der Waals surface area contributed by atoms with Crippen LogP contribution in [-0.2, 0) is 5.75 Å². The van der Waals surface area contributed by atoms with Crippen LogP contribution in [-0.4, -0.2) is 9.55 Å². The standard InChI is InChI=1S/C26H20N2O3S/c1-16-12-21-18(14-24(29)31-23(21)13-17(16)2)15-32-26-27-22-11-7-6-10-20(22)25(30)28(26)19-8-4-3-5-9-19/h3-14H,15H2,1-2H3. The van der Waals surface area contributed by atoms with E-state index in [1.807, 2.05) is 74.5 Å². The molecule has 0 spiro atoms. The lowest BCUT2D eigenvalue weighted by molar-refractivity contribution is 0.559. The average Bonchev–Trinajstić information content (AvgIpc) is 2.79. The monoisotopic (exact) mass is 440 g/mol. The predicted octanol–water partition coefficient (Wildman–Crippen LogP) is 5.40. The molecule has 0 saturated carbocycles. The number of nitrogens with zero attached hydrogens (tertiary/aromatic N) is 2. The van der Waals surface area contributed by atoms with Crippen molar-refractivity contribution in [3.63, 3.8) is 0 Å². The Morgan fingerprint density at radius 2 is 1.59 bits per heavy atom. The molecule has 5 nitrogen and oxygen atoms in total. The van der Waals surface area contributed by atoms with Crippen LogP contribution in [0.3, 0.4) is 0 Å². The molecule has 0 aliphatic rings. The van der Waals surface area contributed by atoms with Crippen molar-refractivity contribution in [2.45, 2.75) is 24.8 Å². The highest BCUT2D eigenvalue weighted by atomic mass is 32.2. The Hall–Kier alpha value is -3.64. The number of thioether (sulfide) groups is 1. The lowest BCUT2D eigenvalue weighted by Crippen LogP contribution is -2.21. The molecule has 0 atom stereocenters. The first kappa shape index (κ1) is 20.3. The molecule has 158 valence electrons. The van der Waals surface area contributed by atoms with Crippen molar-refractivity contribution in [3.8, 4) is 5.69 Å². The topological polar surface area (TPSA) is 65.1 Å². The van der Waals surface area contributed by atoms with E-state index in [9.17, 15) is 9.59 Å². The van der Waals surface area contributed by atoms with Crippen molar-refractivity contribution in [2.24, 2.45) is 0 Å². The van der Waals surface area contributed by atoms with Crippen LogP contribution in [0.15, 0.2) is 92.0 Å². The molecule has 0 unspecified atom stereocenters. The van der Waals surface area contributed by atoms with E-state index in [0.717, 1.165) is 27.8 Å². The van der Waals surface area contributed by atoms with E-state index in [4.69, 9.17) is 9.40 Å². The summed E-state index contributed by atoms with van der Waals surface area (Å²) in [6, 6.07) is 22.3. The quantitative estimate of drug-likeness (QED) is 0.213. The Morgan fingerprint density at radius 3 is 2.41 bits per heavy atom. The lowest BCUT2D eigenvalue weighted by Gasteiger charge is -2.14. The Bertz CT molecular complexity index is 1590. The first-order valence-electron chi connectivity index (χ1n) is 10.3. The lowest BCUT2D eigenvalue weighted by atomic mass is 10.0. The van der Waals surface area contributed by atoms with Crippen molar-refractivity contribution >= 4 is 33.6 Å². The van der Waals surface area contributed by atoms with E-state index in [1.165, 1.54) is 17.8 Å². The summed E-state index contributed by atoms with van der Waals surface area (Å²) in [4.78, 5) is 30.3. The molecule has 0 fully saturated rings. The SMILES string of the molecule is Cc1cc2oc(=O)cc(CSc3nc4ccccc4c(=O)n3-c3ccccc3)c2cc1C. The molecule has 0 saturated heterocycles. The first-order chi connectivity index (χ1) is 15.5. The molecule has 0 aliphatic carbocycles. The molecule has 0 amide bonds. The Labute approximate surface area is 188 Å². The Balaban J connectivity index is 1.65. The van der Waals surface area contributed by atoms with Gasteiger partial charge in [-0.1, -0.05) is 42.1 Å². The molecule has 2 heterocycles. The third kappa shape index (κ3) is 3.63. The molecule has 3 aromatic carbocycles. The number of aryl methyl sites for hydroxylation is 2. The van der Waals surface area contributed by atoms with Crippen molar-refractivity contribution in [3.05, 3.63) is 110 Å². The summed E-state index contributed by atoms with van der Waals surface area (Å²) >= 11 is 1.43. The highest BCUT2D eigenvalue weighted by Gasteiger charge is 2.15. The smallest absolute Gasteiger partial charge is 0.336 e. The van der Waals surface area contributed by atoms with E-state index in [-0.39, 0.29) is 11.2 Å². The van der Waals surface area contributed by atoms with E-state index < -0.39 is 0 Å². The van der Waals surface area contributed by atoms with Gasteiger partial charge in [0.1, 0.15) is 5.58 Å². The summed E-state index contributed by atoms with van der Waals surface area (Å²) < 4.78 is 7.06. The van der Waals surface area contributed by atoms with Gasteiger partial charge in [0.2, 0.25) is 0 Å². The number of fused-ring (bicyclic) bond motifs is 2. The van der Waals surface area contributed by atoms with Crippen molar-refractivity contribution in [1.29, 1.82) is 0 Å². The Morgan fingerprint density at radius 1 is 0.875 bits per heavy atom. The van der Waals surface area contributed by atoms with Gasteiger partial charge in [0, 0.05) is 17.2 Å². The van der Waals surface area contributed by atoms with Gasteiger partial charge in [-0.25, -0.2) is 9.78 Å². The molecule has 0 aliphatic heterocycles. The number of para-hydroxylation sites is 2. The van der Waals surface area contributed by atoms with E-state index in [0.29, 0.717) is 27.4 Å².